The van der Waals surface area contributed by atoms with Crippen LogP contribution in [0.15, 0.2) is 42.5 Å². The van der Waals surface area contributed by atoms with E-state index in [1.807, 2.05) is 63.2 Å². The average Bonchev–Trinajstić information content (AvgIpc) is 2.63. The predicted molar refractivity (Wildman–Crippen MR) is 102 cm³/mol. The van der Waals surface area contributed by atoms with Crippen LogP contribution in [0.4, 0.5) is 5.69 Å². The van der Waals surface area contributed by atoms with Gasteiger partial charge in [-0.3, -0.25) is 9.59 Å². The van der Waals surface area contributed by atoms with Crippen LogP contribution >= 0.6 is 0 Å². The first-order chi connectivity index (χ1) is 12.4. The van der Waals surface area contributed by atoms with Gasteiger partial charge in [-0.2, -0.15) is 0 Å². The maximum atomic E-state index is 12.4. The van der Waals surface area contributed by atoms with E-state index >= 15 is 0 Å². The van der Waals surface area contributed by atoms with E-state index in [1.54, 1.807) is 4.90 Å². The average molecular weight is 352 g/mol. The molecule has 26 heavy (non-hydrogen) atoms. The highest BCUT2D eigenvalue weighted by molar-refractivity contribution is 5.95. The lowest BCUT2D eigenvalue weighted by molar-refractivity contribution is -0.129. The quantitative estimate of drug-likeness (QED) is 0.920. The summed E-state index contributed by atoms with van der Waals surface area (Å²) in [6.07, 6.45) is -0.233. The van der Waals surface area contributed by atoms with Crippen LogP contribution in [0.25, 0.3) is 0 Å². The Morgan fingerprint density at radius 2 is 1.96 bits per heavy atom. The van der Waals surface area contributed by atoms with Crippen molar-refractivity contribution in [2.75, 3.05) is 24.6 Å². The van der Waals surface area contributed by atoms with Gasteiger partial charge in [-0.05, 0) is 61.7 Å². The molecule has 5 nitrogen and oxygen atoms in total. The lowest BCUT2D eigenvalue weighted by Gasteiger charge is -2.33. The molecule has 5 heteroatoms. The highest BCUT2D eigenvalue weighted by Gasteiger charge is 2.27. The number of carbonyl (C=O) groups excluding carboxylic acids is 2. The first-order valence-electron chi connectivity index (χ1n) is 8.78. The van der Waals surface area contributed by atoms with Crippen molar-refractivity contribution < 1.29 is 14.3 Å². The van der Waals surface area contributed by atoms with Gasteiger partial charge in [-0.15, -0.1) is 0 Å². The molecule has 1 heterocycles. The number of morpholine rings is 1. The van der Waals surface area contributed by atoms with Crippen molar-refractivity contribution in [1.29, 1.82) is 0 Å². The molecule has 2 amide bonds. The molecule has 0 aliphatic carbocycles. The lowest BCUT2D eigenvalue weighted by Crippen LogP contribution is -2.50. The second-order valence-corrected chi connectivity index (χ2v) is 6.79. The van der Waals surface area contributed by atoms with Crippen molar-refractivity contribution in [1.82, 2.24) is 5.32 Å². The van der Waals surface area contributed by atoms with Crippen LogP contribution < -0.4 is 10.2 Å². The summed E-state index contributed by atoms with van der Waals surface area (Å²) in [6, 6.07) is 13.5. The van der Waals surface area contributed by atoms with Gasteiger partial charge in [-0.25, -0.2) is 0 Å². The van der Waals surface area contributed by atoms with E-state index in [0.29, 0.717) is 18.7 Å². The molecule has 1 atom stereocenters. The van der Waals surface area contributed by atoms with Crippen molar-refractivity contribution in [3.05, 3.63) is 64.7 Å². The molecule has 1 unspecified atom stereocenters. The van der Waals surface area contributed by atoms with E-state index < -0.39 is 0 Å². The maximum Gasteiger partial charge on any atom is 0.253 e. The van der Waals surface area contributed by atoms with E-state index in [4.69, 9.17) is 4.74 Å². The van der Waals surface area contributed by atoms with Gasteiger partial charge in [0.15, 0.2) is 0 Å². The minimum absolute atomic E-state index is 0.0259. The molecule has 1 saturated heterocycles. The predicted octanol–water partition coefficient (Wildman–Crippen LogP) is 2.77. The van der Waals surface area contributed by atoms with Gasteiger partial charge >= 0.3 is 0 Å². The Morgan fingerprint density at radius 3 is 2.69 bits per heavy atom. The van der Waals surface area contributed by atoms with Crippen molar-refractivity contribution >= 4 is 17.5 Å². The molecule has 0 bridgehead atoms. The molecule has 1 N–H and O–H groups in total. The van der Waals surface area contributed by atoms with Crippen LogP contribution in [0.1, 0.15) is 27.0 Å². The highest BCUT2D eigenvalue weighted by atomic mass is 16.5. The smallest absolute Gasteiger partial charge is 0.253 e. The Hall–Kier alpha value is -2.66. The van der Waals surface area contributed by atoms with E-state index in [9.17, 15) is 9.59 Å². The van der Waals surface area contributed by atoms with Gasteiger partial charge in [0, 0.05) is 17.8 Å². The molecule has 0 aromatic heterocycles. The second kappa shape index (κ2) is 7.70. The third kappa shape index (κ3) is 4.11. The van der Waals surface area contributed by atoms with E-state index in [0.717, 1.165) is 22.4 Å². The topological polar surface area (TPSA) is 58.6 Å². The third-order valence-electron chi connectivity index (χ3n) is 4.70. The Bertz CT molecular complexity index is 832. The molecule has 136 valence electrons. The van der Waals surface area contributed by atoms with Crippen molar-refractivity contribution in [3.63, 3.8) is 0 Å². The third-order valence-corrected chi connectivity index (χ3v) is 4.70. The molecule has 2 aromatic carbocycles. The molecular formula is C21H24N2O3. The number of benzene rings is 2. The summed E-state index contributed by atoms with van der Waals surface area (Å²) in [7, 11) is 0. The van der Waals surface area contributed by atoms with E-state index in [2.05, 4.69) is 5.32 Å². The Balaban J connectivity index is 1.62. The molecule has 0 radical (unpaired) electrons. The van der Waals surface area contributed by atoms with Crippen molar-refractivity contribution in [2.45, 2.75) is 26.9 Å². The van der Waals surface area contributed by atoms with Crippen molar-refractivity contribution in [2.24, 2.45) is 0 Å². The summed E-state index contributed by atoms with van der Waals surface area (Å²) >= 11 is 0. The van der Waals surface area contributed by atoms with Gasteiger partial charge in [0.25, 0.3) is 11.8 Å². The summed E-state index contributed by atoms with van der Waals surface area (Å²) in [6.45, 7) is 6.82. The number of rotatable bonds is 4. The molecule has 0 spiro atoms. The molecule has 1 aliphatic heterocycles. The highest BCUT2D eigenvalue weighted by Crippen LogP contribution is 2.19. The number of carbonyl (C=O) groups is 2. The number of nitrogens with zero attached hydrogens (tertiary/aromatic N) is 1. The SMILES string of the molecule is Cc1cccc(N2CC(CNC(=O)c3ccc(C)c(C)c3)OCC2=O)c1. The molecule has 1 fully saturated rings. The van der Waals surface area contributed by atoms with Gasteiger partial charge < -0.3 is 15.0 Å². The fraction of sp³-hybridized carbons (Fsp3) is 0.333. The monoisotopic (exact) mass is 352 g/mol. The number of aryl methyl sites for hydroxylation is 3. The number of hydrogen-bond acceptors (Lipinski definition) is 3. The van der Waals surface area contributed by atoms with Gasteiger partial charge in [-0.1, -0.05) is 18.2 Å². The lowest BCUT2D eigenvalue weighted by atomic mass is 10.1. The summed E-state index contributed by atoms with van der Waals surface area (Å²) < 4.78 is 5.60. The molecular weight excluding hydrogens is 328 g/mol. The number of anilines is 1. The minimum Gasteiger partial charge on any atom is -0.365 e. The standard InChI is InChI=1S/C21H24N2O3/c1-14-5-4-6-18(9-14)23-12-19(26-13-20(23)24)11-22-21(25)17-8-7-15(2)16(3)10-17/h4-10,19H,11-13H2,1-3H3,(H,22,25). The molecule has 3 rings (SSSR count). The normalized spacial score (nSPS) is 17.3. The van der Waals surface area contributed by atoms with E-state index in [1.165, 1.54) is 0 Å². The van der Waals surface area contributed by atoms with Gasteiger partial charge in [0.05, 0.1) is 12.6 Å². The summed E-state index contributed by atoms with van der Waals surface area (Å²) in [4.78, 5) is 26.3. The largest absolute Gasteiger partial charge is 0.365 e. The van der Waals surface area contributed by atoms with Crippen LogP contribution in [-0.4, -0.2) is 37.6 Å². The Labute approximate surface area is 154 Å². The Kier molecular flexibility index (Phi) is 5.38. The number of nitrogens with one attached hydrogen (secondary N) is 1. The fourth-order valence-corrected chi connectivity index (χ4v) is 2.99. The number of hydrogen-bond donors (Lipinski definition) is 1. The van der Waals surface area contributed by atoms with Crippen LogP contribution in [0.2, 0.25) is 0 Å². The van der Waals surface area contributed by atoms with Gasteiger partial charge in [0.2, 0.25) is 0 Å². The fourth-order valence-electron chi connectivity index (χ4n) is 2.99. The van der Waals surface area contributed by atoms with Crippen LogP contribution in [0.3, 0.4) is 0 Å². The second-order valence-electron chi connectivity index (χ2n) is 6.79. The minimum atomic E-state index is -0.233. The summed E-state index contributed by atoms with van der Waals surface area (Å²) in [5.41, 5.74) is 4.84. The van der Waals surface area contributed by atoms with Crippen LogP contribution in [0, 0.1) is 20.8 Å². The Morgan fingerprint density at radius 1 is 1.15 bits per heavy atom. The van der Waals surface area contributed by atoms with Crippen molar-refractivity contribution in [3.8, 4) is 0 Å². The zero-order chi connectivity index (χ0) is 18.7. The first-order valence-corrected chi connectivity index (χ1v) is 8.78. The maximum absolute atomic E-state index is 12.4. The zero-order valence-electron chi connectivity index (χ0n) is 15.4. The van der Waals surface area contributed by atoms with Crippen LogP contribution in [-0.2, 0) is 9.53 Å². The van der Waals surface area contributed by atoms with Crippen LogP contribution in [0.5, 0.6) is 0 Å². The zero-order valence-corrected chi connectivity index (χ0v) is 15.4. The van der Waals surface area contributed by atoms with E-state index in [-0.39, 0.29) is 24.5 Å². The number of amides is 2. The van der Waals surface area contributed by atoms with Gasteiger partial charge in [0.1, 0.15) is 6.61 Å². The number of ether oxygens (including phenoxy) is 1. The summed E-state index contributed by atoms with van der Waals surface area (Å²) in [5, 5.41) is 2.91. The molecule has 2 aromatic rings. The first kappa shape index (κ1) is 18.1. The molecule has 1 aliphatic rings. The molecule has 0 saturated carbocycles. The summed E-state index contributed by atoms with van der Waals surface area (Å²) in [5.74, 6) is -0.192.